The van der Waals surface area contributed by atoms with E-state index < -0.39 is 11.4 Å². The topological polar surface area (TPSA) is 124 Å². The van der Waals surface area contributed by atoms with E-state index in [1.54, 1.807) is 0 Å². The van der Waals surface area contributed by atoms with Gasteiger partial charge in [0.05, 0.1) is 30.1 Å². The van der Waals surface area contributed by atoms with E-state index in [0.29, 0.717) is 11.6 Å². The van der Waals surface area contributed by atoms with Gasteiger partial charge in [0, 0.05) is 5.92 Å². The fourth-order valence-electron chi connectivity index (χ4n) is 1.68. The van der Waals surface area contributed by atoms with Gasteiger partial charge in [-0.25, -0.2) is 0 Å². The summed E-state index contributed by atoms with van der Waals surface area (Å²) in [5.41, 5.74) is 6.06. The zero-order valence-electron chi connectivity index (χ0n) is 10.2. The summed E-state index contributed by atoms with van der Waals surface area (Å²) in [6, 6.07) is 0. The second kappa shape index (κ2) is 4.58. The molecule has 1 aromatic heterocycles. The molecule has 1 fully saturated rings. The molecule has 6 N–H and O–H groups in total. The Labute approximate surface area is 104 Å². The molecule has 0 unspecified atom stereocenters. The predicted molar refractivity (Wildman–Crippen MR) is 65.0 cm³/mol. The molecule has 0 atom stereocenters. The molecule has 1 aromatic rings. The maximum atomic E-state index is 12.0. The molecule has 1 heterocycles. The molecule has 0 aromatic carbocycles. The molecule has 7 heteroatoms. The first-order valence-corrected chi connectivity index (χ1v) is 5.88. The molecule has 100 valence electrons. The molecule has 0 aliphatic heterocycles. The van der Waals surface area contributed by atoms with Gasteiger partial charge >= 0.3 is 0 Å². The molecule has 0 spiro atoms. The van der Waals surface area contributed by atoms with Crippen molar-refractivity contribution >= 4 is 11.6 Å². The van der Waals surface area contributed by atoms with E-state index in [0.717, 1.165) is 18.5 Å². The van der Waals surface area contributed by atoms with Gasteiger partial charge in [0.2, 0.25) is 0 Å². The molecule has 1 amide bonds. The third-order valence-electron chi connectivity index (χ3n) is 3.15. The molecule has 0 radical (unpaired) electrons. The van der Waals surface area contributed by atoms with Crippen molar-refractivity contribution in [2.75, 3.05) is 18.9 Å². The van der Waals surface area contributed by atoms with Gasteiger partial charge in [0.25, 0.3) is 5.91 Å². The first-order chi connectivity index (χ1) is 8.50. The van der Waals surface area contributed by atoms with Crippen LogP contribution in [0.15, 0.2) is 0 Å². The number of nitrogen functional groups attached to an aromatic ring is 1. The third kappa shape index (κ3) is 2.32. The van der Waals surface area contributed by atoms with E-state index >= 15 is 0 Å². The summed E-state index contributed by atoms with van der Waals surface area (Å²) in [5.74, 6) is -0.123. The standard InChI is InChI=1S/C11H18N4O3/c1-11(4-16,5-17)13-10(18)9-7(12)8(14-15-9)6-2-3-6/h6,16-17H,2-5,12H2,1H3,(H,13,18)(H,14,15). The van der Waals surface area contributed by atoms with Crippen molar-refractivity contribution in [1.29, 1.82) is 0 Å². The normalized spacial score (nSPS) is 15.7. The summed E-state index contributed by atoms with van der Waals surface area (Å²) >= 11 is 0. The minimum Gasteiger partial charge on any atom is -0.395 e. The first kappa shape index (κ1) is 12.8. The number of carbonyl (C=O) groups is 1. The summed E-state index contributed by atoms with van der Waals surface area (Å²) < 4.78 is 0. The molecule has 0 bridgehead atoms. The van der Waals surface area contributed by atoms with Crippen molar-refractivity contribution in [3.63, 3.8) is 0 Å². The van der Waals surface area contributed by atoms with Crippen LogP contribution in [0.2, 0.25) is 0 Å². The number of aliphatic hydroxyl groups is 2. The minimum absolute atomic E-state index is 0.116. The Morgan fingerprint density at radius 3 is 2.67 bits per heavy atom. The number of hydrogen-bond donors (Lipinski definition) is 5. The number of aromatic amines is 1. The van der Waals surface area contributed by atoms with Gasteiger partial charge < -0.3 is 21.3 Å². The van der Waals surface area contributed by atoms with Crippen LogP contribution in [0.3, 0.4) is 0 Å². The summed E-state index contributed by atoms with van der Waals surface area (Å²) in [5, 5.41) is 27.4. The Morgan fingerprint density at radius 1 is 1.56 bits per heavy atom. The van der Waals surface area contributed by atoms with Crippen LogP contribution < -0.4 is 11.1 Å². The number of anilines is 1. The van der Waals surface area contributed by atoms with Crippen LogP contribution in [-0.2, 0) is 0 Å². The second-order valence-electron chi connectivity index (χ2n) is 5.00. The molecule has 1 aliphatic carbocycles. The molecule has 7 nitrogen and oxygen atoms in total. The lowest BCUT2D eigenvalue weighted by molar-refractivity contribution is 0.0720. The lowest BCUT2D eigenvalue weighted by Crippen LogP contribution is -2.51. The highest BCUT2D eigenvalue weighted by molar-refractivity contribution is 5.98. The van der Waals surface area contributed by atoms with Crippen molar-refractivity contribution in [2.24, 2.45) is 0 Å². The van der Waals surface area contributed by atoms with Crippen molar-refractivity contribution in [1.82, 2.24) is 15.5 Å². The molecular formula is C11H18N4O3. The van der Waals surface area contributed by atoms with Crippen molar-refractivity contribution in [3.05, 3.63) is 11.4 Å². The van der Waals surface area contributed by atoms with E-state index in [1.807, 2.05) is 0 Å². The number of H-pyrrole nitrogens is 1. The fraction of sp³-hybridized carbons (Fsp3) is 0.636. The van der Waals surface area contributed by atoms with Crippen molar-refractivity contribution in [2.45, 2.75) is 31.2 Å². The Balaban J connectivity index is 2.14. The van der Waals surface area contributed by atoms with Crippen molar-refractivity contribution in [3.8, 4) is 0 Å². The summed E-state index contributed by atoms with van der Waals surface area (Å²) in [6.07, 6.45) is 2.11. The zero-order valence-corrected chi connectivity index (χ0v) is 10.2. The van der Waals surface area contributed by atoms with Crippen LogP contribution in [0.1, 0.15) is 41.9 Å². The summed E-state index contributed by atoms with van der Waals surface area (Å²) in [7, 11) is 0. The molecule has 0 saturated heterocycles. The molecule has 1 saturated carbocycles. The average Bonchev–Trinajstić information content (AvgIpc) is 3.12. The maximum Gasteiger partial charge on any atom is 0.274 e. The van der Waals surface area contributed by atoms with Crippen LogP contribution >= 0.6 is 0 Å². The SMILES string of the molecule is CC(CO)(CO)NC(=O)c1n[nH]c(C2CC2)c1N. The number of carbonyl (C=O) groups excluding carboxylic acids is 1. The Kier molecular flexibility index (Phi) is 3.27. The van der Waals surface area contributed by atoms with Gasteiger partial charge in [-0.2, -0.15) is 5.10 Å². The summed E-state index contributed by atoms with van der Waals surface area (Å²) in [4.78, 5) is 12.0. The van der Waals surface area contributed by atoms with E-state index in [2.05, 4.69) is 15.5 Å². The molecule has 18 heavy (non-hydrogen) atoms. The van der Waals surface area contributed by atoms with Gasteiger partial charge in [-0.1, -0.05) is 0 Å². The number of aromatic nitrogens is 2. The zero-order chi connectivity index (χ0) is 13.3. The Morgan fingerprint density at radius 2 is 2.17 bits per heavy atom. The Bertz CT molecular complexity index is 449. The monoisotopic (exact) mass is 254 g/mol. The number of hydrogen-bond acceptors (Lipinski definition) is 5. The number of rotatable bonds is 5. The van der Waals surface area contributed by atoms with Crippen LogP contribution in [0, 0.1) is 0 Å². The van der Waals surface area contributed by atoms with Gasteiger partial charge in [-0.3, -0.25) is 9.89 Å². The smallest absolute Gasteiger partial charge is 0.274 e. The lowest BCUT2D eigenvalue weighted by atomic mass is 10.1. The highest BCUT2D eigenvalue weighted by atomic mass is 16.3. The lowest BCUT2D eigenvalue weighted by Gasteiger charge is -2.25. The van der Waals surface area contributed by atoms with E-state index in [9.17, 15) is 4.79 Å². The average molecular weight is 254 g/mol. The minimum atomic E-state index is -1.08. The largest absolute Gasteiger partial charge is 0.395 e. The van der Waals surface area contributed by atoms with Gasteiger partial charge in [-0.05, 0) is 19.8 Å². The van der Waals surface area contributed by atoms with Gasteiger partial charge in [-0.15, -0.1) is 0 Å². The van der Waals surface area contributed by atoms with Gasteiger partial charge in [0.15, 0.2) is 5.69 Å². The number of nitrogens with one attached hydrogen (secondary N) is 2. The van der Waals surface area contributed by atoms with Crippen LogP contribution in [-0.4, -0.2) is 45.1 Å². The highest BCUT2D eigenvalue weighted by Crippen LogP contribution is 2.42. The van der Waals surface area contributed by atoms with E-state index in [-0.39, 0.29) is 18.9 Å². The summed E-state index contributed by atoms with van der Waals surface area (Å²) in [6.45, 7) is 0.805. The molecule has 2 rings (SSSR count). The second-order valence-corrected chi connectivity index (χ2v) is 5.00. The highest BCUT2D eigenvalue weighted by Gasteiger charge is 2.32. The molecule has 1 aliphatic rings. The fourth-order valence-corrected chi connectivity index (χ4v) is 1.68. The number of nitrogens with zero attached hydrogens (tertiary/aromatic N) is 1. The van der Waals surface area contributed by atoms with Crippen LogP contribution in [0.5, 0.6) is 0 Å². The third-order valence-corrected chi connectivity index (χ3v) is 3.15. The van der Waals surface area contributed by atoms with E-state index in [1.165, 1.54) is 6.92 Å². The Hall–Kier alpha value is -1.60. The van der Waals surface area contributed by atoms with E-state index in [4.69, 9.17) is 15.9 Å². The predicted octanol–water partition coefficient (Wildman–Crippen LogP) is -0.658. The number of amides is 1. The number of nitrogens with two attached hydrogens (primary N) is 1. The maximum absolute atomic E-state index is 12.0. The van der Waals surface area contributed by atoms with Crippen LogP contribution in [0.4, 0.5) is 5.69 Å². The van der Waals surface area contributed by atoms with Gasteiger partial charge in [0.1, 0.15) is 0 Å². The van der Waals surface area contributed by atoms with Crippen LogP contribution in [0.25, 0.3) is 0 Å². The molecular weight excluding hydrogens is 236 g/mol. The quantitative estimate of drug-likeness (QED) is 0.477. The first-order valence-electron chi connectivity index (χ1n) is 5.88. The number of aliphatic hydroxyl groups excluding tert-OH is 2. The van der Waals surface area contributed by atoms with Crippen molar-refractivity contribution < 1.29 is 15.0 Å².